The normalized spacial score (nSPS) is 13.6. The van der Waals surface area contributed by atoms with Crippen LogP contribution in [0.1, 0.15) is 48.0 Å². The summed E-state index contributed by atoms with van der Waals surface area (Å²) in [5, 5.41) is 0. The van der Waals surface area contributed by atoms with Gasteiger partial charge in [0, 0.05) is 6.54 Å². The maximum atomic E-state index is 5.76. The topological polar surface area (TPSA) is 29.3 Å². The first-order valence-corrected chi connectivity index (χ1v) is 6.12. The van der Waals surface area contributed by atoms with E-state index in [1.54, 1.807) is 0 Å². The summed E-state index contributed by atoms with van der Waals surface area (Å²) in [5.74, 6) is 0. The SMILES string of the molecule is CCN(CCC(C)(C)C)CC(C)(C)CN. The van der Waals surface area contributed by atoms with E-state index in [1.165, 1.54) is 13.0 Å². The quantitative estimate of drug-likeness (QED) is 0.736. The van der Waals surface area contributed by atoms with Crippen LogP contribution in [0.2, 0.25) is 0 Å². The van der Waals surface area contributed by atoms with Crippen molar-refractivity contribution in [1.29, 1.82) is 0 Å². The van der Waals surface area contributed by atoms with Crippen LogP contribution >= 0.6 is 0 Å². The summed E-state index contributed by atoms with van der Waals surface area (Å²) in [5.41, 5.74) is 6.44. The summed E-state index contributed by atoms with van der Waals surface area (Å²) in [6.45, 7) is 17.8. The molecule has 15 heavy (non-hydrogen) atoms. The van der Waals surface area contributed by atoms with E-state index >= 15 is 0 Å². The van der Waals surface area contributed by atoms with E-state index in [1.807, 2.05) is 0 Å². The van der Waals surface area contributed by atoms with E-state index in [4.69, 9.17) is 5.73 Å². The fourth-order valence-corrected chi connectivity index (χ4v) is 1.51. The Morgan fingerprint density at radius 2 is 1.60 bits per heavy atom. The van der Waals surface area contributed by atoms with Gasteiger partial charge in [0.15, 0.2) is 0 Å². The van der Waals surface area contributed by atoms with Gasteiger partial charge < -0.3 is 10.6 Å². The van der Waals surface area contributed by atoms with E-state index in [0.717, 1.165) is 19.6 Å². The molecule has 0 heterocycles. The van der Waals surface area contributed by atoms with Crippen LogP contribution in [0.3, 0.4) is 0 Å². The first kappa shape index (κ1) is 14.9. The molecule has 0 atom stereocenters. The minimum atomic E-state index is 0.244. The van der Waals surface area contributed by atoms with Crippen LogP contribution < -0.4 is 5.73 Å². The molecule has 0 aliphatic carbocycles. The van der Waals surface area contributed by atoms with Crippen molar-refractivity contribution in [2.24, 2.45) is 16.6 Å². The zero-order valence-electron chi connectivity index (χ0n) is 11.6. The van der Waals surface area contributed by atoms with E-state index in [-0.39, 0.29) is 5.41 Å². The van der Waals surface area contributed by atoms with Gasteiger partial charge in [-0.3, -0.25) is 0 Å². The smallest absolute Gasteiger partial charge is 0.00446 e. The van der Waals surface area contributed by atoms with Crippen LogP contribution in [0.5, 0.6) is 0 Å². The van der Waals surface area contributed by atoms with Gasteiger partial charge in [0.25, 0.3) is 0 Å². The zero-order chi connectivity index (χ0) is 12.1. The predicted molar refractivity (Wildman–Crippen MR) is 69.0 cm³/mol. The fraction of sp³-hybridized carbons (Fsp3) is 1.00. The van der Waals surface area contributed by atoms with Crippen LogP contribution in [0.4, 0.5) is 0 Å². The summed E-state index contributed by atoms with van der Waals surface area (Å²) in [6, 6.07) is 0. The number of hydrogen-bond donors (Lipinski definition) is 1. The van der Waals surface area contributed by atoms with Crippen molar-refractivity contribution in [3.8, 4) is 0 Å². The first-order chi connectivity index (χ1) is 6.70. The molecule has 92 valence electrons. The first-order valence-electron chi connectivity index (χ1n) is 6.12. The maximum absolute atomic E-state index is 5.76. The van der Waals surface area contributed by atoms with Crippen molar-refractivity contribution in [2.75, 3.05) is 26.2 Å². The second kappa shape index (κ2) is 5.86. The van der Waals surface area contributed by atoms with Gasteiger partial charge in [-0.25, -0.2) is 0 Å². The Balaban J connectivity index is 4.04. The summed E-state index contributed by atoms with van der Waals surface area (Å²) in [4.78, 5) is 2.51. The van der Waals surface area contributed by atoms with Gasteiger partial charge in [0.2, 0.25) is 0 Å². The minimum absolute atomic E-state index is 0.244. The molecule has 0 aromatic heterocycles. The number of nitrogens with zero attached hydrogens (tertiary/aromatic N) is 1. The second-order valence-electron chi connectivity index (χ2n) is 6.55. The van der Waals surface area contributed by atoms with Gasteiger partial charge in [0.1, 0.15) is 0 Å². The Morgan fingerprint density at radius 1 is 1.07 bits per heavy atom. The molecule has 0 aliphatic rings. The fourth-order valence-electron chi connectivity index (χ4n) is 1.51. The zero-order valence-corrected chi connectivity index (χ0v) is 11.6. The largest absolute Gasteiger partial charge is 0.330 e. The van der Waals surface area contributed by atoms with Crippen LogP contribution in [0.25, 0.3) is 0 Å². The van der Waals surface area contributed by atoms with Gasteiger partial charge >= 0.3 is 0 Å². The lowest BCUT2D eigenvalue weighted by Gasteiger charge is -2.32. The molecule has 0 aliphatic heterocycles. The summed E-state index contributed by atoms with van der Waals surface area (Å²) in [7, 11) is 0. The highest BCUT2D eigenvalue weighted by Crippen LogP contribution is 2.21. The van der Waals surface area contributed by atoms with Crippen molar-refractivity contribution >= 4 is 0 Å². The van der Waals surface area contributed by atoms with Crippen LogP contribution in [0, 0.1) is 10.8 Å². The number of rotatable bonds is 6. The third-order valence-corrected chi connectivity index (χ3v) is 2.83. The highest BCUT2D eigenvalue weighted by atomic mass is 15.1. The van der Waals surface area contributed by atoms with E-state index in [0.29, 0.717) is 5.41 Å². The molecule has 2 N–H and O–H groups in total. The Labute approximate surface area is 96.2 Å². The molecule has 0 saturated heterocycles. The lowest BCUT2D eigenvalue weighted by molar-refractivity contribution is 0.169. The molecule has 0 saturated carbocycles. The predicted octanol–water partition coefficient (Wildman–Crippen LogP) is 2.73. The van der Waals surface area contributed by atoms with Crippen molar-refractivity contribution < 1.29 is 0 Å². The van der Waals surface area contributed by atoms with Crippen molar-refractivity contribution in [3.63, 3.8) is 0 Å². The summed E-state index contributed by atoms with van der Waals surface area (Å²) in [6.07, 6.45) is 1.25. The summed E-state index contributed by atoms with van der Waals surface area (Å²) < 4.78 is 0. The Hall–Kier alpha value is -0.0800. The van der Waals surface area contributed by atoms with Crippen molar-refractivity contribution in [2.45, 2.75) is 48.0 Å². The number of hydrogen-bond acceptors (Lipinski definition) is 2. The molecule has 0 rings (SSSR count). The van der Waals surface area contributed by atoms with E-state index in [2.05, 4.69) is 46.4 Å². The Morgan fingerprint density at radius 3 is 1.93 bits per heavy atom. The Kier molecular flexibility index (Phi) is 5.82. The monoisotopic (exact) mass is 214 g/mol. The maximum Gasteiger partial charge on any atom is 0.00446 e. The lowest BCUT2D eigenvalue weighted by atomic mass is 9.90. The molecule has 2 heteroatoms. The molecule has 0 unspecified atom stereocenters. The van der Waals surface area contributed by atoms with Gasteiger partial charge in [-0.15, -0.1) is 0 Å². The van der Waals surface area contributed by atoms with Crippen LogP contribution in [0.15, 0.2) is 0 Å². The molecular formula is C13H30N2. The molecule has 0 amide bonds. The second-order valence-corrected chi connectivity index (χ2v) is 6.55. The molecule has 0 aromatic carbocycles. The van der Waals surface area contributed by atoms with Gasteiger partial charge in [-0.1, -0.05) is 41.5 Å². The standard InChI is InChI=1S/C13H30N2/c1-7-15(9-8-12(2,3)4)11-13(5,6)10-14/h7-11,14H2,1-6H3. The average Bonchev–Trinajstić information content (AvgIpc) is 2.11. The highest BCUT2D eigenvalue weighted by Gasteiger charge is 2.20. The van der Waals surface area contributed by atoms with E-state index < -0.39 is 0 Å². The molecule has 0 bridgehead atoms. The van der Waals surface area contributed by atoms with Gasteiger partial charge in [-0.05, 0) is 36.9 Å². The molecule has 2 nitrogen and oxygen atoms in total. The van der Waals surface area contributed by atoms with Crippen LogP contribution in [-0.4, -0.2) is 31.1 Å². The molecule has 0 radical (unpaired) electrons. The van der Waals surface area contributed by atoms with Crippen molar-refractivity contribution in [1.82, 2.24) is 4.90 Å². The van der Waals surface area contributed by atoms with Gasteiger partial charge in [-0.2, -0.15) is 0 Å². The third kappa shape index (κ3) is 7.80. The minimum Gasteiger partial charge on any atom is -0.330 e. The van der Waals surface area contributed by atoms with E-state index in [9.17, 15) is 0 Å². The highest BCUT2D eigenvalue weighted by molar-refractivity contribution is 4.75. The third-order valence-electron chi connectivity index (χ3n) is 2.83. The average molecular weight is 214 g/mol. The molecular weight excluding hydrogens is 184 g/mol. The Bertz CT molecular complexity index is 168. The van der Waals surface area contributed by atoms with Gasteiger partial charge in [0.05, 0.1) is 0 Å². The summed E-state index contributed by atoms with van der Waals surface area (Å²) >= 11 is 0. The van der Waals surface area contributed by atoms with Crippen molar-refractivity contribution in [3.05, 3.63) is 0 Å². The molecule has 0 spiro atoms. The lowest BCUT2D eigenvalue weighted by Crippen LogP contribution is -2.39. The molecule has 0 aromatic rings. The number of nitrogens with two attached hydrogens (primary N) is 1. The van der Waals surface area contributed by atoms with Crippen LogP contribution in [-0.2, 0) is 0 Å². The molecule has 0 fully saturated rings.